The van der Waals surface area contributed by atoms with Gasteiger partial charge in [0.25, 0.3) is 0 Å². The molecular weight excluding hydrogens is 1190 g/mol. The molecule has 4 spiro atoms. The van der Waals surface area contributed by atoms with Crippen molar-refractivity contribution < 1.29 is 55.2 Å². The van der Waals surface area contributed by atoms with E-state index in [1.807, 2.05) is 170 Å². The van der Waals surface area contributed by atoms with E-state index in [0.29, 0.717) is 0 Å². The number of para-hydroxylation sites is 8. The van der Waals surface area contributed by atoms with Gasteiger partial charge in [0.05, 0.1) is 0 Å². The molecule has 0 saturated carbocycles. The highest BCUT2D eigenvalue weighted by Crippen LogP contribution is 2.43. The Balaban J connectivity index is 0.0000000968. The van der Waals surface area contributed by atoms with Gasteiger partial charge in [-0.1, -0.05) is 267 Å². The first-order chi connectivity index (χ1) is 47.4. The van der Waals surface area contributed by atoms with Crippen molar-refractivity contribution in [2.45, 2.75) is 26.2 Å². The number of benzene rings is 12. The van der Waals surface area contributed by atoms with Crippen LogP contribution < -0.4 is 59.1 Å². The Bertz CT molecular complexity index is 4340. The lowest BCUT2D eigenvalue weighted by Crippen LogP contribution is -2.63. The molecule has 12 nitrogen and oxygen atoms in total. The monoisotopic (exact) mass is 1250 g/mol. The van der Waals surface area contributed by atoms with Gasteiger partial charge >= 0.3 is 26.7 Å². The van der Waals surface area contributed by atoms with E-state index < -0.39 is 26.7 Å². The third kappa shape index (κ3) is 10.3. The van der Waals surface area contributed by atoms with Crippen molar-refractivity contribution in [2.24, 2.45) is 0 Å². The summed E-state index contributed by atoms with van der Waals surface area (Å²) < 4.78 is 60.0. The van der Waals surface area contributed by atoms with Crippen molar-refractivity contribution in [3.63, 3.8) is 0 Å². The normalized spacial score (nSPS) is 16.1. The summed E-state index contributed by atoms with van der Waals surface area (Å²) >= 11 is 0. The topological polar surface area (TPSA) is 85.9 Å². The van der Waals surface area contributed by atoms with Crippen LogP contribution in [0.1, 0.15) is 44.5 Å². The minimum absolute atomic E-state index is 0.740. The molecule has 96 heavy (non-hydrogen) atoms. The molecule has 12 aromatic carbocycles. The summed E-state index contributed by atoms with van der Waals surface area (Å²) in [6.07, 6.45) is 8.59. The van der Waals surface area contributed by atoms with E-state index in [4.69, 9.17) is 37.2 Å². The van der Waals surface area contributed by atoms with Crippen LogP contribution in [0.25, 0.3) is 0 Å². The second-order valence-electron chi connectivity index (χ2n) is 25.1. The fourth-order valence-corrected chi connectivity index (χ4v) is 14.6. The molecule has 0 atom stereocenters. The SMILES string of the molecule is C1=[N+](Cc2ccccc2)[B-]2(Oc3ccccc3O2)c2ccccc21.C1=[N+](Cc2ccccc2)[B-]2(Oc3ccccc3O2)c2ccccc21.C1=[N+](Cc2ccccc2)[B-]2(Oc3ccccc3O2)c2ccccc21.C1=[N+](Cc2ccccc2)[B-]2(Oc3ccccc3O2)c2ccccc21. The van der Waals surface area contributed by atoms with Crippen molar-refractivity contribution >= 4 is 73.5 Å². The highest BCUT2D eigenvalue weighted by Gasteiger charge is 2.60. The van der Waals surface area contributed by atoms with Crippen LogP contribution in [0.2, 0.25) is 0 Å². The Kier molecular flexibility index (Phi) is 14.5. The standard InChI is InChI=1S/4C20H16BNO2/c4*1-2-8-16(9-3-1)14-22-15-17-10-4-5-11-18(17)21(22)23-19-12-6-7-13-20(19)24-21/h4*1-13,15H,14H2. The van der Waals surface area contributed by atoms with Gasteiger partial charge in [0.2, 0.25) is 0 Å². The van der Waals surface area contributed by atoms with Crippen LogP contribution in [0, 0.1) is 0 Å². The van der Waals surface area contributed by atoms with E-state index in [1.54, 1.807) is 0 Å². The number of fused-ring (bicyclic) bond motifs is 12. The molecule has 0 fully saturated rings. The van der Waals surface area contributed by atoms with E-state index in [0.717, 1.165) is 116 Å². The van der Waals surface area contributed by atoms with Crippen LogP contribution >= 0.6 is 0 Å². The van der Waals surface area contributed by atoms with Crippen LogP contribution in [0.3, 0.4) is 0 Å². The van der Waals surface area contributed by atoms with Crippen LogP contribution in [0.15, 0.2) is 315 Å². The summed E-state index contributed by atoms with van der Waals surface area (Å²) in [5, 5.41) is 0. The predicted molar refractivity (Wildman–Crippen MR) is 380 cm³/mol. The smallest absolute Gasteiger partial charge is 0.617 e. The van der Waals surface area contributed by atoms with Crippen LogP contribution in [0.4, 0.5) is 0 Å². The van der Waals surface area contributed by atoms with Gasteiger partial charge in [0, 0.05) is 44.5 Å². The molecule has 464 valence electrons. The maximum atomic E-state index is 6.40. The first kappa shape index (κ1) is 57.8. The Morgan fingerprint density at radius 1 is 0.177 bits per heavy atom. The summed E-state index contributed by atoms with van der Waals surface area (Å²) in [7, 11) is 0. The third-order valence-electron chi connectivity index (χ3n) is 19.0. The quantitative estimate of drug-likeness (QED) is 0.139. The summed E-state index contributed by atoms with van der Waals surface area (Å²) in [5.41, 5.74) is 13.9. The van der Waals surface area contributed by atoms with Crippen molar-refractivity contribution in [3.05, 3.63) is 360 Å². The molecule has 0 saturated heterocycles. The Hall–Kier alpha value is -12.0. The molecule has 16 heteroatoms. The lowest BCUT2D eigenvalue weighted by Gasteiger charge is -2.28. The summed E-state index contributed by atoms with van der Waals surface area (Å²) in [6.45, 7) is -3.98. The van der Waals surface area contributed by atoms with Crippen LogP contribution in [0.5, 0.6) is 46.0 Å². The molecule has 20 rings (SSSR count). The van der Waals surface area contributed by atoms with Gasteiger partial charge in [-0.15, -0.1) is 0 Å². The molecule has 0 bridgehead atoms. The number of hydrogen-bond donors (Lipinski definition) is 0. The minimum atomic E-state index is -1.73. The fraction of sp³-hybridized carbons (Fsp3) is 0.0500. The molecule has 12 aromatic rings. The highest BCUT2D eigenvalue weighted by molar-refractivity contribution is 6.80. The Labute approximate surface area is 557 Å². The minimum Gasteiger partial charge on any atom is -0.617 e. The van der Waals surface area contributed by atoms with Crippen molar-refractivity contribution in [2.75, 3.05) is 0 Å². The average Bonchev–Trinajstić information content (AvgIpc) is 1.60. The maximum Gasteiger partial charge on any atom is 0.680 e. The molecule has 8 aliphatic rings. The molecular formula is C80H64B4N4O8. The van der Waals surface area contributed by atoms with Crippen molar-refractivity contribution in [1.29, 1.82) is 0 Å². The highest BCUT2D eigenvalue weighted by atomic mass is 16.7. The largest absolute Gasteiger partial charge is 0.680 e. The van der Waals surface area contributed by atoms with Gasteiger partial charge in [0.1, 0.15) is 97.0 Å². The maximum absolute atomic E-state index is 6.40. The molecule has 0 aromatic heterocycles. The van der Waals surface area contributed by atoms with Gasteiger partial charge in [0.15, 0.2) is 0 Å². The molecule has 0 unspecified atom stereocenters. The second kappa shape index (κ2) is 24.1. The summed E-state index contributed by atoms with van der Waals surface area (Å²) in [5.74, 6) is 6.45. The first-order valence-corrected chi connectivity index (χ1v) is 32.8. The molecule has 8 aliphatic heterocycles. The molecule has 0 aliphatic carbocycles. The number of rotatable bonds is 8. The van der Waals surface area contributed by atoms with Gasteiger partial charge in [-0.25, -0.2) is 0 Å². The lowest BCUT2D eigenvalue weighted by molar-refractivity contribution is -0.433. The van der Waals surface area contributed by atoms with E-state index in [9.17, 15) is 0 Å². The zero-order valence-corrected chi connectivity index (χ0v) is 52.5. The Morgan fingerprint density at radius 2 is 0.333 bits per heavy atom. The van der Waals surface area contributed by atoms with E-state index >= 15 is 0 Å². The summed E-state index contributed by atoms with van der Waals surface area (Å²) in [4.78, 5) is 0. The lowest BCUT2D eigenvalue weighted by atomic mass is 9.63. The Morgan fingerprint density at radius 3 is 0.521 bits per heavy atom. The third-order valence-corrected chi connectivity index (χ3v) is 19.0. The first-order valence-electron chi connectivity index (χ1n) is 32.8. The van der Waals surface area contributed by atoms with E-state index in [1.165, 1.54) is 22.3 Å². The van der Waals surface area contributed by atoms with Gasteiger partial charge in [-0.2, -0.15) is 0 Å². The van der Waals surface area contributed by atoms with Crippen LogP contribution in [-0.2, 0) is 26.2 Å². The van der Waals surface area contributed by atoms with Gasteiger partial charge < -0.3 is 55.2 Å². The summed E-state index contributed by atoms with van der Waals surface area (Å²) in [6, 6.07) is 106. The zero-order chi connectivity index (χ0) is 63.9. The second-order valence-corrected chi connectivity index (χ2v) is 25.1. The van der Waals surface area contributed by atoms with Gasteiger partial charge in [-0.3, -0.25) is 0 Å². The van der Waals surface area contributed by atoms with Gasteiger partial charge in [-0.05, 0) is 70.4 Å². The van der Waals surface area contributed by atoms with E-state index in [2.05, 4.69) is 188 Å². The molecule has 0 amide bonds. The average molecular weight is 1250 g/mol. The van der Waals surface area contributed by atoms with E-state index in [-0.39, 0.29) is 0 Å². The zero-order valence-electron chi connectivity index (χ0n) is 52.5. The number of hydrogen-bond acceptors (Lipinski definition) is 8. The van der Waals surface area contributed by atoms with Crippen molar-refractivity contribution in [1.82, 2.24) is 0 Å². The predicted octanol–water partition coefficient (Wildman–Crippen LogP) is 11.8. The van der Waals surface area contributed by atoms with Crippen LogP contribution in [-0.4, -0.2) is 69.6 Å². The molecule has 0 radical (unpaired) electrons. The molecule has 0 N–H and O–H groups in total. The van der Waals surface area contributed by atoms with Crippen molar-refractivity contribution in [3.8, 4) is 46.0 Å². The molecule has 8 heterocycles. The fourth-order valence-electron chi connectivity index (χ4n) is 14.6. The number of nitrogens with zero attached hydrogens (tertiary/aromatic N) is 4.